The number of nitrogens with zero attached hydrogens (tertiary/aromatic N) is 2. The molecule has 0 aliphatic heterocycles. The number of hydrogen-bond acceptors (Lipinski definition) is 6. The Morgan fingerprint density at radius 3 is 2.55 bits per heavy atom. The van der Waals surface area contributed by atoms with Crippen LogP contribution in [0.25, 0.3) is 21.8 Å². The van der Waals surface area contributed by atoms with Gasteiger partial charge < -0.3 is 18.9 Å². The molecular weight excluding hydrogens is 420 g/mol. The summed E-state index contributed by atoms with van der Waals surface area (Å²) in [7, 11) is 6.04. The van der Waals surface area contributed by atoms with Gasteiger partial charge in [-0.05, 0) is 76.7 Å². The largest absolute Gasteiger partial charge is 0.492 e. The first kappa shape index (κ1) is 24.5. The SMILES string of the molecule is CCCOC(=O)c1cc(CCCN(C)C)c2c(c1)c1c(C(=O)NN)ccc(OCC)c1n2C. The van der Waals surface area contributed by atoms with Crippen molar-refractivity contribution in [3.63, 3.8) is 0 Å². The Balaban J connectivity index is 2.35. The van der Waals surface area contributed by atoms with E-state index >= 15 is 0 Å². The molecule has 1 aromatic heterocycles. The van der Waals surface area contributed by atoms with Crippen molar-refractivity contribution in [3.05, 3.63) is 41.0 Å². The molecule has 0 saturated carbocycles. The van der Waals surface area contributed by atoms with Crippen molar-refractivity contribution in [1.82, 2.24) is 14.9 Å². The lowest BCUT2D eigenvalue weighted by atomic mass is 9.99. The molecule has 0 bridgehead atoms. The number of nitrogen functional groups attached to an aromatic ring is 1. The van der Waals surface area contributed by atoms with Crippen molar-refractivity contribution in [1.29, 1.82) is 0 Å². The highest BCUT2D eigenvalue weighted by Crippen LogP contribution is 2.39. The number of nitrogens with one attached hydrogen (secondary N) is 1. The highest BCUT2D eigenvalue weighted by molar-refractivity contribution is 6.20. The Hall–Kier alpha value is -3.10. The summed E-state index contributed by atoms with van der Waals surface area (Å²) in [4.78, 5) is 27.6. The van der Waals surface area contributed by atoms with Gasteiger partial charge in [0.25, 0.3) is 5.91 Å². The first-order valence-corrected chi connectivity index (χ1v) is 11.4. The zero-order valence-corrected chi connectivity index (χ0v) is 20.2. The van der Waals surface area contributed by atoms with Crippen LogP contribution in [0.1, 0.15) is 53.0 Å². The molecule has 0 aliphatic carbocycles. The molecule has 0 unspecified atom stereocenters. The molecule has 8 heteroatoms. The molecule has 0 aliphatic rings. The maximum atomic E-state index is 12.8. The van der Waals surface area contributed by atoms with E-state index in [-0.39, 0.29) is 5.97 Å². The fourth-order valence-electron chi connectivity index (χ4n) is 4.28. The van der Waals surface area contributed by atoms with E-state index in [9.17, 15) is 9.59 Å². The second-order valence-electron chi connectivity index (χ2n) is 8.37. The number of rotatable bonds is 10. The molecule has 8 nitrogen and oxygen atoms in total. The van der Waals surface area contributed by atoms with Gasteiger partial charge in [-0.3, -0.25) is 10.2 Å². The molecule has 3 rings (SSSR count). The van der Waals surface area contributed by atoms with Gasteiger partial charge in [0.15, 0.2) is 0 Å². The van der Waals surface area contributed by atoms with Crippen LogP contribution in [0.4, 0.5) is 0 Å². The monoisotopic (exact) mass is 454 g/mol. The maximum Gasteiger partial charge on any atom is 0.338 e. The minimum Gasteiger partial charge on any atom is -0.492 e. The van der Waals surface area contributed by atoms with Crippen LogP contribution in [0.3, 0.4) is 0 Å². The van der Waals surface area contributed by atoms with Crippen LogP contribution in [0, 0.1) is 0 Å². The molecule has 178 valence electrons. The highest BCUT2D eigenvalue weighted by atomic mass is 16.5. The van der Waals surface area contributed by atoms with Gasteiger partial charge in [-0.25, -0.2) is 10.6 Å². The normalized spacial score (nSPS) is 11.4. The summed E-state index contributed by atoms with van der Waals surface area (Å²) in [5, 5.41) is 1.51. The van der Waals surface area contributed by atoms with Crippen LogP contribution >= 0.6 is 0 Å². The molecule has 0 spiro atoms. The molecule has 33 heavy (non-hydrogen) atoms. The standard InChI is InChI=1S/C25H34N4O4/c1-6-13-33-25(31)17-14-16(9-8-12-28(3)4)22-19(15-17)21-18(24(30)27-26)10-11-20(32-7-2)23(21)29(22)5/h10-11,14-15H,6-9,12-13,26H2,1-5H3,(H,27,30). The van der Waals surface area contributed by atoms with Crippen molar-refractivity contribution >= 4 is 33.7 Å². The van der Waals surface area contributed by atoms with Crippen molar-refractivity contribution in [2.45, 2.75) is 33.1 Å². The summed E-state index contributed by atoms with van der Waals surface area (Å²) < 4.78 is 13.4. The van der Waals surface area contributed by atoms with Gasteiger partial charge in [0.05, 0.1) is 35.4 Å². The van der Waals surface area contributed by atoms with Crippen LogP contribution < -0.4 is 16.0 Å². The Bertz CT molecular complexity index is 1170. The highest BCUT2D eigenvalue weighted by Gasteiger charge is 2.23. The lowest BCUT2D eigenvalue weighted by molar-refractivity contribution is 0.0505. The van der Waals surface area contributed by atoms with Crippen LogP contribution in [-0.2, 0) is 18.2 Å². The van der Waals surface area contributed by atoms with Crippen LogP contribution in [0.15, 0.2) is 24.3 Å². The number of hydrogen-bond donors (Lipinski definition) is 2. The van der Waals surface area contributed by atoms with Crippen LogP contribution in [0.2, 0.25) is 0 Å². The average molecular weight is 455 g/mol. The number of amides is 1. The number of benzene rings is 2. The topological polar surface area (TPSA) is 98.8 Å². The summed E-state index contributed by atoms with van der Waals surface area (Å²) >= 11 is 0. The Labute approximate surface area is 194 Å². The number of aryl methyl sites for hydroxylation is 2. The quantitative estimate of drug-likeness (QED) is 0.211. The second kappa shape index (κ2) is 10.7. The number of esters is 1. The molecule has 0 saturated heterocycles. The van der Waals surface area contributed by atoms with Crippen molar-refractivity contribution < 1.29 is 19.1 Å². The van der Waals surface area contributed by atoms with Crippen molar-refractivity contribution in [2.75, 3.05) is 33.9 Å². The molecule has 3 N–H and O–H groups in total. The average Bonchev–Trinajstić information content (AvgIpc) is 3.10. The predicted molar refractivity (Wildman–Crippen MR) is 131 cm³/mol. The Morgan fingerprint density at radius 2 is 1.91 bits per heavy atom. The second-order valence-corrected chi connectivity index (χ2v) is 8.37. The van der Waals surface area contributed by atoms with E-state index in [1.54, 1.807) is 12.1 Å². The zero-order valence-electron chi connectivity index (χ0n) is 20.2. The molecular formula is C25H34N4O4. The molecule has 3 aromatic rings. The fraction of sp³-hybridized carbons (Fsp3) is 0.440. The summed E-state index contributed by atoms with van der Waals surface area (Å²) in [6.45, 7) is 5.65. The number of aromatic nitrogens is 1. The van der Waals surface area contributed by atoms with E-state index in [0.717, 1.165) is 47.8 Å². The van der Waals surface area contributed by atoms with Gasteiger partial charge in [-0.1, -0.05) is 6.92 Å². The predicted octanol–water partition coefficient (Wildman–Crippen LogP) is 3.39. The van der Waals surface area contributed by atoms with Crippen LogP contribution in [0.5, 0.6) is 5.75 Å². The van der Waals surface area contributed by atoms with Crippen LogP contribution in [-0.4, -0.2) is 55.2 Å². The summed E-state index contributed by atoms with van der Waals surface area (Å²) in [5.41, 5.74) is 5.93. The number of carbonyl (C=O) groups is 2. The molecule has 2 aromatic carbocycles. The first-order valence-electron chi connectivity index (χ1n) is 11.4. The molecule has 0 fully saturated rings. The minimum absolute atomic E-state index is 0.359. The van der Waals surface area contributed by atoms with Gasteiger partial charge in [0.1, 0.15) is 5.75 Å². The lowest BCUT2D eigenvalue weighted by Crippen LogP contribution is -2.30. The van der Waals surface area contributed by atoms with Gasteiger partial charge in [0, 0.05) is 17.8 Å². The minimum atomic E-state index is -0.399. The third kappa shape index (κ3) is 4.96. The third-order valence-corrected chi connectivity index (χ3v) is 5.67. The van der Waals surface area contributed by atoms with Crippen molar-refractivity contribution in [3.8, 4) is 5.75 Å². The number of hydrazine groups is 1. The van der Waals surface area contributed by atoms with Crippen molar-refractivity contribution in [2.24, 2.45) is 12.9 Å². The van der Waals surface area contributed by atoms with Gasteiger partial charge in [-0.15, -0.1) is 0 Å². The molecule has 0 atom stereocenters. The molecule has 0 radical (unpaired) electrons. The van der Waals surface area contributed by atoms with E-state index in [1.807, 2.05) is 47.1 Å². The first-order chi connectivity index (χ1) is 15.8. The van der Waals surface area contributed by atoms with E-state index < -0.39 is 5.91 Å². The molecule has 1 amide bonds. The summed E-state index contributed by atoms with van der Waals surface area (Å²) in [6.07, 6.45) is 2.44. The lowest BCUT2D eigenvalue weighted by Gasteiger charge is -2.12. The van der Waals surface area contributed by atoms with E-state index in [1.165, 1.54) is 0 Å². The van der Waals surface area contributed by atoms with Gasteiger partial charge in [0.2, 0.25) is 0 Å². The van der Waals surface area contributed by atoms with E-state index in [2.05, 4.69) is 14.9 Å². The number of carbonyl (C=O) groups excluding carboxylic acids is 2. The maximum absolute atomic E-state index is 12.8. The third-order valence-electron chi connectivity index (χ3n) is 5.67. The van der Waals surface area contributed by atoms with E-state index in [0.29, 0.717) is 35.5 Å². The molecule has 1 heterocycles. The number of fused-ring (bicyclic) bond motifs is 3. The summed E-state index contributed by atoms with van der Waals surface area (Å²) in [6, 6.07) is 7.23. The Morgan fingerprint density at radius 1 is 1.15 bits per heavy atom. The number of ether oxygens (including phenoxy) is 2. The van der Waals surface area contributed by atoms with E-state index in [4.69, 9.17) is 15.3 Å². The smallest absolute Gasteiger partial charge is 0.338 e. The Kier molecular flexibility index (Phi) is 7.94. The van der Waals surface area contributed by atoms with Gasteiger partial charge in [-0.2, -0.15) is 0 Å². The zero-order chi connectivity index (χ0) is 24.1. The number of nitrogens with two attached hydrogens (primary N) is 1. The van der Waals surface area contributed by atoms with Gasteiger partial charge >= 0.3 is 5.97 Å². The summed E-state index contributed by atoms with van der Waals surface area (Å²) in [5.74, 6) is 5.39. The fourth-order valence-corrected chi connectivity index (χ4v) is 4.28.